The first kappa shape index (κ1) is 8.97. The van der Waals surface area contributed by atoms with Gasteiger partial charge in [0.2, 0.25) is 0 Å². The van der Waals surface area contributed by atoms with Gasteiger partial charge in [-0.1, -0.05) is 11.6 Å². The maximum Gasteiger partial charge on any atom is 0.197 e. The molecule has 0 amide bonds. The van der Waals surface area contributed by atoms with Crippen LogP contribution in [0.1, 0.15) is 15.9 Å². The zero-order valence-electron chi connectivity index (χ0n) is 7.11. The van der Waals surface area contributed by atoms with Crippen LogP contribution in [0.15, 0.2) is 41.3 Å². The summed E-state index contributed by atoms with van der Waals surface area (Å²) >= 11 is 5.60. The van der Waals surface area contributed by atoms with Crippen molar-refractivity contribution in [3.8, 4) is 0 Å². The Bertz CT molecular complexity index is 434. The molecule has 2 aromatic rings. The summed E-state index contributed by atoms with van der Waals surface area (Å²) in [6, 6.07) is 4.82. The number of carbonyl (C=O) groups is 1. The molecule has 70 valence electrons. The number of rotatable bonds is 2. The first-order chi connectivity index (χ1) is 6.77. The molecule has 2 heterocycles. The van der Waals surface area contributed by atoms with Gasteiger partial charge in [-0.25, -0.2) is 4.98 Å². The molecule has 4 heteroatoms. The zero-order chi connectivity index (χ0) is 9.97. The highest BCUT2D eigenvalue weighted by Crippen LogP contribution is 2.11. The highest BCUT2D eigenvalue weighted by Gasteiger charge is 2.09. The molecule has 3 nitrogen and oxygen atoms in total. The number of carbonyl (C=O) groups excluding carboxylic acids is 1. The molecular weight excluding hydrogens is 202 g/mol. The van der Waals surface area contributed by atoms with Crippen LogP contribution in [0.2, 0.25) is 5.15 Å². The second-order valence-electron chi connectivity index (χ2n) is 2.71. The topological polar surface area (TPSA) is 43.1 Å². The number of furan rings is 1. The van der Waals surface area contributed by atoms with Gasteiger partial charge < -0.3 is 4.42 Å². The van der Waals surface area contributed by atoms with Crippen LogP contribution in [0.5, 0.6) is 0 Å². The van der Waals surface area contributed by atoms with Crippen molar-refractivity contribution in [2.24, 2.45) is 0 Å². The standard InChI is InChI=1S/C10H6ClNO2/c11-9-2-1-7(5-12-9)10(13)8-3-4-14-6-8/h1-6H. The maximum atomic E-state index is 11.7. The van der Waals surface area contributed by atoms with Crippen LogP contribution >= 0.6 is 11.6 Å². The third kappa shape index (κ3) is 1.67. The van der Waals surface area contributed by atoms with E-state index in [0.29, 0.717) is 16.3 Å². The minimum Gasteiger partial charge on any atom is -0.472 e. The van der Waals surface area contributed by atoms with Crippen LogP contribution in [0.3, 0.4) is 0 Å². The van der Waals surface area contributed by atoms with Gasteiger partial charge in [0.15, 0.2) is 5.78 Å². The van der Waals surface area contributed by atoms with Crippen molar-refractivity contribution in [3.63, 3.8) is 0 Å². The minimum absolute atomic E-state index is 0.122. The summed E-state index contributed by atoms with van der Waals surface area (Å²) in [7, 11) is 0. The Labute approximate surface area is 85.3 Å². The Kier molecular flexibility index (Phi) is 2.33. The number of aromatic nitrogens is 1. The first-order valence-electron chi connectivity index (χ1n) is 3.96. The van der Waals surface area contributed by atoms with Crippen LogP contribution < -0.4 is 0 Å². The molecule has 0 spiro atoms. The molecule has 0 aliphatic rings. The van der Waals surface area contributed by atoms with Crippen molar-refractivity contribution in [1.29, 1.82) is 0 Å². The number of ketones is 1. The summed E-state index contributed by atoms with van der Waals surface area (Å²) in [6.07, 6.45) is 4.30. The van der Waals surface area contributed by atoms with E-state index in [0.717, 1.165) is 0 Å². The van der Waals surface area contributed by atoms with Gasteiger partial charge in [-0.05, 0) is 18.2 Å². The second kappa shape index (κ2) is 3.64. The Morgan fingerprint density at radius 1 is 1.29 bits per heavy atom. The van der Waals surface area contributed by atoms with Crippen LogP contribution in [0.25, 0.3) is 0 Å². The lowest BCUT2D eigenvalue weighted by Gasteiger charge is -1.96. The summed E-state index contributed by atoms with van der Waals surface area (Å²) in [6.45, 7) is 0. The fraction of sp³-hybridized carbons (Fsp3) is 0. The van der Waals surface area contributed by atoms with Crippen molar-refractivity contribution in [2.45, 2.75) is 0 Å². The van der Waals surface area contributed by atoms with Gasteiger partial charge in [0.05, 0.1) is 11.8 Å². The summed E-state index contributed by atoms with van der Waals surface area (Å²) in [5, 5.41) is 0.369. The van der Waals surface area contributed by atoms with E-state index in [9.17, 15) is 4.79 Å². The third-order valence-electron chi connectivity index (χ3n) is 1.77. The van der Waals surface area contributed by atoms with E-state index in [2.05, 4.69) is 4.98 Å². The smallest absolute Gasteiger partial charge is 0.197 e. The number of halogens is 1. The molecule has 0 aliphatic heterocycles. The molecule has 0 saturated carbocycles. The van der Waals surface area contributed by atoms with E-state index in [4.69, 9.17) is 16.0 Å². The Balaban J connectivity index is 2.33. The summed E-state index contributed by atoms with van der Waals surface area (Å²) < 4.78 is 4.81. The van der Waals surface area contributed by atoms with Gasteiger partial charge in [0.1, 0.15) is 11.4 Å². The average Bonchev–Trinajstić information content (AvgIpc) is 2.71. The largest absolute Gasteiger partial charge is 0.472 e. The summed E-state index contributed by atoms with van der Waals surface area (Å²) in [4.78, 5) is 15.5. The average molecular weight is 208 g/mol. The molecule has 0 N–H and O–H groups in total. The van der Waals surface area contributed by atoms with Crippen LogP contribution in [-0.4, -0.2) is 10.8 Å². The minimum atomic E-state index is -0.122. The van der Waals surface area contributed by atoms with E-state index >= 15 is 0 Å². The van der Waals surface area contributed by atoms with Crippen LogP contribution in [-0.2, 0) is 0 Å². The Hall–Kier alpha value is -1.61. The van der Waals surface area contributed by atoms with Crippen LogP contribution in [0.4, 0.5) is 0 Å². The molecule has 0 unspecified atom stereocenters. The number of nitrogens with zero attached hydrogens (tertiary/aromatic N) is 1. The van der Waals surface area contributed by atoms with E-state index in [1.54, 1.807) is 18.2 Å². The molecule has 0 radical (unpaired) electrons. The SMILES string of the molecule is O=C(c1ccc(Cl)nc1)c1ccoc1. The van der Waals surface area contributed by atoms with E-state index in [-0.39, 0.29) is 5.78 Å². The molecule has 2 aromatic heterocycles. The first-order valence-corrected chi connectivity index (χ1v) is 4.33. The van der Waals surface area contributed by atoms with Crippen molar-refractivity contribution < 1.29 is 9.21 Å². The van der Waals surface area contributed by atoms with E-state index in [1.165, 1.54) is 18.7 Å². The van der Waals surface area contributed by atoms with E-state index in [1.807, 2.05) is 0 Å². The van der Waals surface area contributed by atoms with Gasteiger partial charge >= 0.3 is 0 Å². The Morgan fingerprint density at radius 3 is 2.71 bits per heavy atom. The lowest BCUT2D eigenvalue weighted by atomic mass is 10.1. The summed E-state index contributed by atoms with van der Waals surface area (Å²) in [5.41, 5.74) is 1.00. The summed E-state index contributed by atoms with van der Waals surface area (Å²) in [5.74, 6) is -0.122. The number of pyridine rings is 1. The lowest BCUT2D eigenvalue weighted by molar-refractivity contribution is 0.103. The Morgan fingerprint density at radius 2 is 2.14 bits per heavy atom. The van der Waals surface area contributed by atoms with Gasteiger partial charge in [-0.15, -0.1) is 0 Å². The fourth-order valence-corrected chi connectivity index (χ4v) is 1.18. The van der Waals surface area contributed by atoms with Gasteiger partial charge in [0, 0.05) is 11.8 Å². The molecule has 2 rings (SSSR count). The molecule has 0 aliphatic carbocycles. The highest BCUT2D eigenvalue weighted by molar-refractivity contribution is 6.29. The lowest BCUT2D eigenvalue weighted by Crippen LogP contribution is -1.99. The molecule has 0 atom stereocenters. The molecule has 0 bridgehead atoms. The molecule has 0 fully saturated rings. The maximum absolute atomic E-state index is 11.7. The van der Waals surface area contributed by atoms with Gasteiger partial charge in [0.25, 0.3) is 0 Å². The normalized spacial score (nSPS) is 10.1. The van der Waals surface area contributed by atoms with E-state index < -0.39 is 0 Å². The van der Waals surface area contributed by atoms with Gasteiger partial charge in [-0.3, -0.25) is 4.79 Å². The van der Waals surface area contributed by atoms with Crippen LogP contribution in [0, 0.1) is 0 Å². The van der Waals surface area contributed by atoms with Crippen molar-refractivity contribution in [3.05, 3.63) is 53.2 Å². The monoisotopic (exact) mass is 207 g/mol. The fourth-order valence-electron chi connectivity index (χ4n) is 1.07. The van der Waals surface area contributed by atoms with Crippen molar-refractivity contribution in [1.82, 2.24) is 4.98 Å². The highest BCUT2D eigenvalue weighted by atomic mass is 35.5. The molecular formula is C10H6ClNO2. The molecule has 14 heavy (non-hydrogen) atoms. The molecule has 0 saturated heterocycles. The zero-order valence-corrected chi connectivity index (χ0v) is 7.86. The quantitative estimate of drug-likeness (QED) is 0.562. The molecule has 0 aromatic carbocycles. The predicted molar refractivity (Wildman–Crippen MR) is 51.4 cm³/mol. The van der Waals surface area contributed by atoms with Crippen molar-refractivity contribution in [2.75, 3.05) is 0 Å². The van der Waals surface area contributed by atoms with Crippen molar-refractivity contribution >= 4 is 17.4 Å². The predicted octanol–water partition coefficient (Wildman–Crippen LogP) is 2.56. The van der Waals surface area contributed by atoms with Gasteiger partial charge in [-0.2, -0.15) is 0 Å². The second-order valence-corrected chi connectivity index (χ2v) is 3.10. The third-order valence-corrected chi connectivity index (χ3v) is 2.00. The number of hydrogen-bond donors (Lipinski definition) is 0. The number of hydrogen-bond acceptors (Lipinski definition) is 3.